The van der Waals surface area contributed by atoms with Crippen molar-refractivity contribution in [2.75, 3.05) is 13.7 Å². The summed E-state index contributed by atoms with van der Waals surface area (Å²) in [4.78, 5) is 0. The fourth-order valence-corrected chi connectivity index (χ4v) is 1.06. The zero-order valence-corrected chi connectivity index (χ0v) is 8.46. The van der Waals surface area contributed by atoms with Gasteiger partial charge in [-0.15, -0.1) is 0 Å². The molecule has 3 heteroatoms. The molecule has 1 heterocycles. The van der Waals surface area contributed by atoms with Crippen molar-refractivity contribution in [1.82, 2.24) is 5.32 Å². The number of methoxy groups -OCH3 is 1. The summed E-state index contributed by atoms with van der Waals surface area (Å²) in [6.45, 7) is 5.58. The Bertz CT molecular complexity index is 245. The first-order valence-electron chi connectivity index (χ1n) is 4.51. The van der Waals surface area contributed by atoms with Gasteiger partial charge in [-0.3, -0.25) is 0 Å². The lowest BCUT2D eigenvalue weighted by Crippen LogP contribution is -2.25. The Morgan fingerprint density at radius 3 is 2.85 bits per heavy atom. The maximum atomic E-state index is 5.40. The Hall–Kier alpha value is -0.800. The van der Waals surface area contributed by atoms with E-state index >= 15 is 0 Å². The number of hydrogen-bond donors (Lipinski definition) is 1. The maximum absolute atomic E-state index is 5.40. The van der Waals surface area contributed by atoms with Gasteiger partial charge in [0.2, 0.25) is 0 Å². The van der Waals surface area contributed by atoms with Crippen LogP contribution < -0.4 is 5.32 Å². The first-order chi connectivity index (χ1) is 6.22. The molecule has 0 saturated carbocycles. The van der Waals surface area contributed by atoms with Crippen LogP contribution in [0, 0.1) is 6.92 Å². The van der Waals surface area contributed by atoms with Crippen LogP contribution in [0.1, 0.15) is 18.4 Å². The van der Waals surface area contributed by atoms with E-state index in [9.17, 15) is 0 Å². The fourth-order valence-electron chi connectivity index (χ4n) is 1.06. The molecule has 13 heavy (non-hydrogen) atoms. The van der Waals surface area contributed by atoms with Crippen molar-refractivity contribution in [2.24, 2.45) is 0 Å². The van der Waals surface area contributed by atoms with Crippen molar-refractivity contribution in [2.45, 2.75) is 26.5 Å². The van der Waals surface area contributed by atoms with Crippen molar-refractivity contribution < 1.29 is 9.15 Å². The van der Waals surface area contributed by atoms with Crippen LogP contribution in [0.3, 0.4) is 0 Å². The molecule has 0 aromatic carbocycles. The minimum absolute atomic E-state index is 0.246. The third-order valence-corrected chi connectivity index (χ3v) is 1.93. The Morgan fingerprint density at radius 1 is 1.54 bits per heavy atom. The smallest absolute Gasteiger partial charge is 0.117 e. The van der Waals surface area contributed by atoms with Gasteiger partial charge in [0.1, 0.15) is 11.5 Å². The zero-order chi connectivity index (χ0) is 9.68. The number of nitrogens with one attached hydrogen (secondary N) is 1. The first-order valence-corrected chi connectivity index (χ1v) is 4.51. The number of ether oxygens (including phenoxy) is 1. The van der Waals surface area contributed by atoms with Crippen molar-refractivity contribution in [3.05, 3.63) is 23.7 Å². The molecule has 0 radical (unpaired) electrons. The second-order valence-electron chi connectivity index (χ2n) is 3.19. The second-order valence-corrected chi connectivity index (χ2v) is 3.19. The molecule has 0 aliphatic carbocycles. The highest BCUT2D eigenvalue weighted by atomic mass is 16.5. The van der Waals surface area contributed by atoms with E-state index in [0.29, 0.717) is 0 Å². The van der Waals surface area contributed by atoms with Gasteiger partial charge in [0, 0.05) is 13.7 Å². The third-order valence-electron chi connectivity index (χ3n) is 1.93. The number of rotatable bonds is 5. The largest absolute Gasteiger partial charge is 0.465 e. The van der Waals surface area contributed by atoms with Crippen LogP contribution in [0.5, 0.6) is 0 Å². The first kappa shape index (κ1) is 10.3. The van der Waals surface area contributed by atoms with E-state index < -0.39 is 0 Å². The molecule has 1 N–H and O–H groups in total. The summed E-state index contributed by atoms with van der Waals surface area (Å²) in [7, 11) is 1.71. The van der Waals surface area contributed by atoms with Gasteiger partial charge in [-0.05, 0) is 26.0 Å². The van der Waals surface area contributed by atoms with E-state index in [0.717, 1.165) is 24.6 Å². The summed E-state index contributed by atoms with van der Waals surface area (Å²) in [5.41, 5.74) is 0. The summed E-state index contributed by atoms with van der Waals surface area (Å²) >= 11 is 0. The van der Waals surface area contributed by atoms with Gasteiger partial charge in [0.05, 0.1) is 12.6 Å². The van der Waals surface area contributed by atoms with Crippen LogP contribution in [0.15, 0.2) is 16.5 Å². The molecule has 1 atom stereocenters. The number of hydrogen-bond acceptors (Lipinski definition) is 3. The molecule has 0 amide bonds. The molecule has 1 aromatic heterocycles. The van der Waals surface area contributed by atoms with Crippen molar-refractivity contribution in [3.8, 4) is 0 Å². The van der Waals surface area contributed by atoms with Crippen LogP contribution >= 0.6 is 0 Å². The van der Waals surface area contributed by atoms with E-state index in [2.05, 4.69) is 5.32 Å². The quantitative estimate of drug-likeness (QED) is 0.754. The lowest BCUT2D eigenvalue weighted by atomic mass is 10.4. The Balaban J connectivity index is 2.20. The highest BCUT2D eigenvalue weighted by Gasteiger charge is 2.00. The molecule has 0 fully saturated rings. The molecule has 1 aromatic rings. The number of aryl methyl sites for hydroxylation is 1. The molecule has 0 spiro atoms. The lowest BCUT2D eigenvalue weighted by Gasteiger charge is -2.09. The van der Waals surface area contributed by atoms with Crippen LogP contribution in [-0.4, -0.2) is 19.8 Å². The van der Waals surface area contributed by atoms with Crippen LogP contribution in [-0.2, 0) is 11.3 Å². The van der Waals surface area contributed by atoms with Crippen molar-refractivity contribution in [3.63, 3.8) is 0 Å². The van der Waals surface area contributed by atoms with Crippen molar-refractivity contribution in [1.29, 1.82) is 0 Å². The predicted octanol–water partition coefficient (Wildman–Crippen LogP) is 1.71. The van der Waals surface area contributed by atoms with Crippen molar-refractivity contribution >= 4 is 0 Å². The lowest BCUT2D eigenvalue weighted by molar-refractivity contribution is 0.116. The van der Waals surface area contributed by atoms with E-state index in [1.165, 1.54) is 0 Å². The minimum Gasteiger partial charge on any atom is -0.465 e. The monoisotopic (exact) mass is 183 g/mol. The molecule has 1 unspecified atom stereocenters. The predicted molar refractivity (Wildman–Crippen MR) is 51.6 cm³/mol. The summed E-state index contributed by atoms with van der Waals surface area (Å²) in [5, 5.41) is 3.25. The summed E-state index contributed by atoms with van der Waals surface area (Å²) in [6.07, 6.45) is 0.246. The second kappa shape index (κ2) is 5.04. The van der Waals surface area contributed by atoms with Gasteiger partial charge in [0.25, 0.3) is 0 Å². The zero-order valence-electron chi connectivity index (χ0n) is 8.46. The van der Waals surface area contributed by atoms with Gasteiger partial charge in [-0.2, -0.15) is 0 Å². The Kier molecular flexibility index (Phi) is 3.99. The maximum Gasteiger partial charge on any atom is 0.117 e. The Labute approximate surface area is 79.1 Å². The average Bonchev–Trinajstić information content (AvgIpc) is 2.51. The van der Waals surface area contributed by atoms with E-state index in [-0.39, 0.29) is 6.10 Å². The molecular weight excluding hydrogens is 166 g/mol. The van der Waals surface area contributed by atoms with Crippen LogP contribution in [0.25, 0.3) is 0 Å². The van der Waals surface area contributed by atoms with E-state index in [4.69, 9.17) is 9.15 Å². The topological polar surface area (TPSA) is 34.4 Å². The average molecular weight is 183 g/mol. The Morgan fingerprint density at radius 2 is 2.31 bits per heavy atom. The highest BCUT2D eigenvalue weighted by molar-refractivity contribution is 5.05. The van der Waals surface area contributed by atoms with Gasteiger partial charge in [-0.1, -0.05) is 0 Å². The number of furan rings is 1. The SMILES string of the molecule is COC(C)CNCc1ccc(C)o1. The van der Waals surface area contributed by atoms with Gasteiger partial charge >= 0.3 is 0 Å². The normalized spacial score (nSPS) is 13.2. The summed E-state index contributed by atoms with van der Waals surface area (Å²) in [6, 6.07) is 3.95. The van der Waals surface area contributed by atoms with E-state index in [1.807, 2.05) is 26.0 Å². The summed E-state index contributed by atoms with van der Waals surface area (Å²) in [5.74, 6) is 1.93. The molecule has 1 rings (SSSR count). The molecule has 3 nitrogen and oxygen atoms in total. The standard InChI is InChI=1S/C10H17NO2/c1-8-4-5-10(13-8)7-11-6-9(2)12-3/h4-5,9,11H,6-7H2,1-3H3. The molecular formula is C10H17NO2. The highest BCUT2D eigenvalue weighted by Crippen LogP contribution is 2.05. The van der Waals surface area contributed by atoms with Crippen LogP contribution in [0.4, 0.5) is 0 Å². The molecule has 0 aliphatic heterocycles. The molecule has 0 aliphatic rings. The van der Waals surface area contributed by atoms with E-state index in [1.54, 1.807) is 7.11 Å². The summed E-state index contributed by atoms with van der Waals surface area (Å²) < 4.78 is 10.5. The third kappa shape index (κ3) is 3.61. The van der Waals surface area contributed by atoms with Crippen LogP contribution in [0.2, 0.25) is 0 Å². The molecule has 0 saturated heterocycles. The molecule has 0 bridgehead atoms. The minimum atomic E-state index is 0.246. The van der Waals surface area contributed by atoms with Gasteiger partial charge < -0.3 is 14.5 Å². The molecule has 74 valence electrons. The van der Waals surface area contributed by atoms with Gasteiger partial charge in [0.15, 0.2) is 0 Å². The fraction of sp³-hybridized carbons (Fsp3) is 0.600. The van der Waals surface area contributed by atoms with Gasteiger partial charge in [-0.25, -0.2) is 0 Å².